The van der Waals surface area contributed by atoms with Crippen molar-refractivity contribution in [2.24, 2.45) is 5.73 Å². The van der Waals surface area contributed by atoms with E-state index in [9.17, 15) is 0 Å². The molecule has 1 aromatic heterocycles. The smallest absolute Gasteiger partial charge is 0.0773 e. The molecule has 2 nitrogen and oxygen atoms in total. The van der Waals surface area contributed by atoms with Crippen LogP contribution in [0.1, 0.15) is 25.1 Å². The van der Waals surface area contributed by atoms with E-state index >= 15 is 0 Å². The standard InChI is InChI=1S/C11H19NOS/c1-3-11(2,9-12)13-7-6-10-5-4-8-14-10/h4-5,8H,3,6-7,9,12H2,1-2H3. The van der Waals surface area contributed by atoms with Crippen molar-refractivity contribution in [1.82, 2.24) is 0 Å². The van der Waals surface area contributed by atoms with Crippen molar-refractivity contribution in [3.8, 4) is 0 Å². The number of rotatable bonds is 6. The molecule has 1 atom stereocenters. The Morgan fingerprint density at radius 1 is 1.57 bits per heavy atom. The van der Waals surface area contributed by atoms with Crippen molar-refractivity contribution in [3.05, 3.63) is 22.4 Å². The Morgan fingerprint density at radius 3 is 2.86 bits per heavy atom. The lowest BCUT2D eigenvalue weighted by molar-refractivity contribution is -0.0255. The molecule has 0 fully saturated rings. The predicted molar refractivity (Wildman–Crippen MR) is 61.7 cm³/mol. The van der Waals surface area contributed by atoms with E-state index in [4.69, 9.17) is 10.5 Å². The second-order valence-electron chi connectivity index (χ2n) is 3.69. The van der Waals surface area contributed by atoms with Gasteiger partial charge >= 0.3 is 0 Å². The van der Waals surface area contributed by atoms with Gasteiger partial charge in [0.1, 0.15) is 0 Å². The third-order valence-corrected chi connectivity index (χ3v) is 3.49. The molecule has 0 saturated carbocycles. The zero-order chi connectivity index (χ0) is 10.4. The van der Waals surface area contributed by atoms with Gasteiger partial charge in [0.2, 0.25) is 0 Å². The third kappa shape index (κ3) is 3.40. The molecular weight excluding hydrogens is 194 g/mol. The molecule has 0 spiro atoms. The summed E-state index contributed by atoms with van der Waals surface area (Å²) in [7, 11) is 0. The molecule has 0 aliphatic carbocycles. The lowest BCUT2D eigenvalue weighted by atomic mass is 10.0. The van der Waals surface area contributed by atoms with Crippen LogP contribution in [0.5, 0.6) is 0 Å². The highest BCUT2D eigenvalue weighted by molar-refractivity contribution is 7.09. The number of thiophene rings is 1. The van der Waals surface area contributed by atoms with Crippen molar-refractivity contribution in [2.45, 2.75) is 32.3 Å². The highest BCUT2D eigenvalue weighted by atomic mass is 32.1. The first-order valence-electron chi connectivity index (χ1n) is 5.06. The zero-order valence-corrected chi connectivity index (χ0v) is 9.77. The Labute approximate surface area is 90.1 Å². The average Bonchev–Trinajstić information content (AvgIpc) is 2.70. The first-order chi connectivity index (χ1) is 6.70. The molecule has 14 heavy (non-hydrogen) atoms. The van der Waals surface area contributed by atoms with Crippen LogP contribution in [0.4, 0.5) is 0 Å². The number of ether oxygens (including phenoxy) is 1. The van der Waals surface area contributed by atoms with Crippen molar-refractivity contribution >= 4 is 11.3 Å². The van der Waals surface area contributed by atoms with E-state index in [1.165, 1.54) is 4.88 Å². The SMILES string of the molecule is CCC(C)(CN)OCCc1cccs1. The molecule has 0 radical (unpaired) electrons. The molecule has 0 bridgehead atoms. The van der Waals surface area contributed by atoms with Gasteiger partial charge in [0.15, 0.2) is 0 Å². The second-order valence-corrected chi connectivity index (χ2v) is 4.72. The molecule has 1 unspecified atom stereocenters. The topological polar surface area (TPSA) is 35.2 Å². The normalized spacial score (nSPS) is 15.4. The lowest BCUT2D eigenvalue weighted by Gasteiger charge is -2.26. The van der Waals surface area contributed by atoms with Gasteiger partial charge in [-0.05, 0) is 24.8 Å². The van der Waals surface area contributed by atoms with Crippen LogP contribution in [-0.2, 0) is 11.2 Å². The van der Waals surface area contributed by atoms with Crippen LogP contribution in [0.25, 0.3) is 0 Å². The van der Waals surface area contributed by atoms with Gasteiger partial charge in [0, 0.05) is 17.8 Å². The molecule has 0 aliphatic heterocycles. The van der Waals surface area contributed by atoms with E-state index in [0.29, 0.717) is 6.54 Å². The summed E-state index contributed by atoms with van der Waals surface area (Å²) in [4.78, 5) is 1.38. The molecule has 1 rings (SSSR count). The average molecular weight is 213 g/mol. The second kappa shape index (κ2) is 5.49. The minimum atomic E-state index is -0.142. The molecular formula is C11H19NOS. The van der Waals surface area contributed by atoms with Crippen molar-refractivity contribution in [3.63, 3.8) is 0 Å². The van der Waals surface area contributed by atoms with E-state index in [1.807, 2.05) is 0 Å². The third-order valence-electron chi connectivity index (χ3n) is 2.56. The van der Waals surface area contributed by atoms with E-state index in [0.717, 1.165) is 19.4 Å². The molecule has 3 heteroatoms. The summed E-state index contributed by atoms with van der Waals surface area (Å²) >= 11 is 1.78. The van der Waals surface area contributed by atoms with Crippen LogP contribution in [0.15, 0.2) is 17.5 Å². The first-order valence-corrected chi connectivity index (χ1v) is 5.94. The van der Waals surface area contributed by atoms with Gasteiger partial charge in [-0.15, -0.1) is 11.3 Å². The quantitative estimate of drug-likeness (QED) is 0.787. The summed E-state index contributed by atoms with van der Waals surface area (Å²) in [5, 5.41) is 2.09. The maximum absolute atomic E-state index is 5.78. The van der Waals surface area contributed by atoms with Crippen LogP contribution in [0.3, 0.4) is 0 Å². The molecule has 0 saturated heterocycles. The van der Waals surface area contributed by atoms with Crippen LogP contribution in [0, 0.1) is 0 Å². The zero-order valence-electron chi connectivity index (χ0n) is 8.95. The summed E-state index contributed by atoms with van der Waals surface area (Å²) in [6.07, 6.45) is 1.96. The molecule has 1 heterocycles. The Balaban J connectivity index is 2.27. The number of hydrogen-bond acceptors (Lipinski definition) is 3. The van der Waals surface area contributed by atoms with E-state index < -0.39 is 0 Å². The minimum absolute atomic E-state index is 0.142. The lowest BCUT2D eigenvalue weighted by Crippen LogP contribution is -2.37. The van der Waals surface area contributed by atoms with E-state index in [-0.39, 0.29) is 5.60 Å². The molecule has 1 aromatic rings. The maximum Gasteiger partial charge on any atom is 0.0773 e. The van der Waals surface area contributed by atoms with Crippen LogP contribution >= 0.6 is 11.3 Å². The van der Waals surface area contributed by atoms with Crippen LogP contribution in [-0.4, -0.2) is 18.8 Å². The fourth-order valence-corrected chi connectivity index (χ4v) is 1.85. The summed E-state index contributed by atoms with van der Waals surface area (Å²) in [5.74, 6) is 0. The molecule has 0 aromatic carbocycles. The Hall–Kier alpha value is -0.380. The minimum Gasteiger partial charge on any atom is -0.374 e. The molecule has 2 N–H and O–H groups in total. The largest absolute Gasteiger partial charge is 0.374 e. The molecule has 80 valence electrons. The van der Waals surface area contributed by atoms with Crippen LogP contribution in [0.2, 0.25) is 0 Å². The Bertz CT molecular complexity index is 242. The van der Waals surface area contributed by atoms with Gasteiger partial charge in [-0.3, -0.25) is 0 Å². The van der Waals surface area contributed by atoms with E-state index in [1.54, 1.807) is 11.3 Å². The summed E-state index contributed by atoms with van der Waals surface area (Å²) < 4.78 is 5.78. The van der Waals surface area contributed by atoms with Gasteiger partial charge in [-0.25, -0.2) is 0 Å². The van der Waals surface area contributed by atoms with Gasteiger partial charge in [-0.2, -0.15) is 0 Å². The van der Waals surface area contributed by atoms with Gasteiger partial charge in [-0.1, -0.05) is 13.0 Å². The van der Waals surface area contributed by atoms with Gasteiger partial charge in [0.05, 0.1) is 12.2 Å². The fraction of sp³-hybridized carbons (Fsp3) is 0.636. The number of nitrogens with two attached hydrogens (primary N) is 1. The number of hydrogen-bond donors (Lipinski definition) is 1. The maximum atomic E-state index is 5.78. The van der Waals surface area contributed by atoms with Crippen LogP contribution < -0.4 is 5.73 Å². The van der Waals surface area contributed by atoms with Crippen molar-refractivity contribution in [2.75, 3.05) is 13.2 Å². The monoisotopic (exact) mass is 213 g/mol. The summed E-state index contributed by atoms with van der Waals surface area (Å²) in [5.41, 5.74) is 5.51. The summed E-state index contributed by atoms with van der Waals surface area (Å²) in [6.45, 7) is 5.54. The van der Waals surface area contributed by atoms with Crippen molar-refractivity contribution in [1.29, 1.82) is 0 Å². The molecule has 0 aliphatic rings. The van der Waals surface area contributed by atoms with E-state index in [2.05, 4.69) is 31.4 Å². The molecule has 0 amide bonds. The van der Waals surface area contributed by atoms with Crippen molar-refractivity contribution < 1.29 is 4.74 Å². The van der Waals surface area contributed by atoms with Gasteiger partial charge in [0.25, 0.3) is 0 Å². The Morgan fingerprint density at radius 2 is 2.36 bits per heavy atom. The van der Waals surface area contributed by atoms with Gasteiger partial charge < -0.3 is 10.5 Å². The predicted octanol–water partition coefficient (Wildman–Crippen LogP) is 2.43. The first kappa shape index (κ1) is 11.7. The Kier molecular flexibility index (Phi) is 4.58. The highest BCUT2D eigenvalue weighted by Gasteiger charge is 2.19. The summed E-state index contributed by atoms with van der Waals surface area (Å²) in [6, 6.07) is 4.21. The fourth-order valence-electron chi connectivity index (χ4n) is 1.16. The highest BCUT2D eigenvalue weighted by Crippen LogP contribution is 2.15.